The van der Waals surface area contributed by atoms with Crippen molar-refractivity contribution in [3.63, 3.8) is 0 Å². The minimum Gasteiger partial charge on any atom is -0.412 e. The van der Waals surface area contributed by atoms with Crippen molar-refractivity contribution < 1.29 is 5.48 Å². The van der Waals surface area contributed by atoms with E-state index in [1.54, 1.807) is 0 Å². The van der Waals surface area contributed by atoms with Gasteiger partial charge in [-0.15, -0.1) is 0 Å². The Balaban J connectivity index is 0.00000256. The molecule has 0 saturated heterocycles. The Morgan fingerprint density at radius 1 is 1.00 bits per heavy atom. The van der Waals surface area contributed by atoms with Crippen LogP contribution in [-0.2, 0) is 12.0 Å². The van der Waals surface area contributed by atoms with Gasteiger partial charge in [-0.2, -0.15) is 0 Å². The minimum absolute atomic E-state index is 0. The van der Waals surface area contributed by atoms with Gasteiger partial charge in [-0.25, -0.2) is 0 Å². The molecule has 17 heavy (non-hydrogen) atoms. The minimum atomic E-state index is -0.115. The van der Waals surface area contributed by atoms with Crippen molar-refractivity contribution in [3.8, 4) is 0 Å². The highest BCUT2D eigenvalue weighted by Gasteiger charge is 2.26. The van der Waals surface area contributed by atoms with Crippen LogP contribution in [-0.4, -0.2) is 5.48 Å². The van der Waals surface area contributed by atoms with Gasteiger partial charge in [-0.05, 0) is 30.4 Å². The lowest BCUT2D eigenvalue weighted by Gasteiger charge is -2.31. The second-order valence-corrected chi connectivity index (χ2v) is 4.67. The van der Waals surface area contributed by atoms with E-state index in [0.29, 0.717) is 0 Å². The van der Waals surface area contributed by atoms with E-state index in [9.17, 15) is 0 Å². The van der Waals surface area contributed by atoms with Crippen molar-refractivity contribution in [2.24, 2.45) is 5.73 Å². The standard InChI is InChI=1S/C15H25N.H2O/c1-4-11-15(16,12-5-2)14-10-8-7-9-13(14)6-3;/h7-10H,4-6,11-12,16H2,1-3H3;1H2. The molecule has 0 saturated carbocycles. The fraction of sp³-hybridized carbons (Fsp3) is 0.600. The van der Waals surface area contributed by atoms with E-state index in [4.69, 9.17) is 5.73 Å². The first-order valence-electron chi connectivity index (χ1n) is 6.55. The maximum Gasteiger partial charge on any atom is 0.0412 e. The predicted molar refractivity (Wildman–Crippen MR) is 75.1 cm³/mol. The molecule has 0 fully saturated rings. The van der Waals surface area contributed by atoms with Gasteiger partial charge in [0.2, 0.25) is 0 Å². The van der Waals surface area contributed by atoms with E-state index >= 15 is 0 Å². The summed E-state index contributed by atoms with van der Waals surface area (Å²) in [6.07, 6.45) is 5.53. The van der Waals surface area contributed by atoms with Crippen molar-refractivity contribution in [2.75, 3.05) is 0 Å². The largest absolute Gasteiger partial charge is 0.412 e. The first kappa shape index (κ1) is 16.1. The van der Waals surface area contributed by atoms with E-state index in [-0.39, 0.29) is 11.0 Å². The molecule has 98 valence electrons. The van der Waals surface area contributed by atoms with Crippen LogP contribution in [0.1, 0.15) is 57.6 Å². The lowest BCUT2D eigenvalue weighted by molar-refractivity contribution is 0.367. The van der Waals surface area contributed by atoms with Crippen LogP contribution in [0.2, 0.25) is 0 Å². The Labute approximate surface area is 106 Å². The summed E-state index contributed by atoms with van der Waals surface area (Å²) >= 11 is 0. The summed E-state index contributed by atoms with van der Waals surface area (Å²) in [4.78, 5) is 0. The summed E-state index contributed by atoms with van der Waals surface area (Å²) < 4.78 is 0. The van der Waals surface area contributed by atoms with Gasteiger partial charge in [0, 0.05) is 5.54 Å². The molecule has 0 radical (unpaired) electrons. The maximum absolute atomic E-state index is 6.62. The van der Waals surface area contributed by atoms with Crippen molar-refractivity contribution in [3.05, 3.63) is 35.4 Å². The third-order valence-electron chi connectivity index (χ3n) is 3.33. The Hall–Kier alpha value is -0.860. The van der Waals surface area contributed by atoms with E-state index in [2.05, 4.69) is 45.0 Å². The van der Waals surface area contributed by atoms with Crippen LogP contribution < -0.4 is 5.73 Å². The van der Waals surface area contributed by atoms with Crippen LogP contribution in [0.5, 0.6) is 0 Å². The van der Waals surface area contributed by atoms with Crippen LogP contribution >= 0.6 is 0 Å². The molecule has 0 bridgehead atoms. The molecular weight excluding hydrogens is 210 g/mol. The summed E-state index contributed by atoms with van der Waals surface area (Å²) in [6, 6.07) is 8.65. The zero-order valence-electron chi connectivity index (χ0n) is 11.4. The van der Waals surface area contributed by atoms with Crippen LogP contribution in [0, 0.1) is 0 Å². The summed E-state index contributed by atoms with van der Waals surface area (Å²) in [5, 5.41) is 0. The average molecular weight is 237 g/mol. The lowest BCUT2D eigenvalue weighted by atomic mass is 9.80. The summed E-state index contributed by atoms with van der Waals surface area (Å²) in [5.41, 5.74) is 9.27. The molecule has 0 aliphatic heterocycles. The van der Waals surface area contributed by atoms with Gasteiger partial charge in [-0.1, -0.05) is 57.9 Å². The zero-order valence-corrected chi connectivity index (χ0v) is 11.4. The number of benzene rings is 1. The predicted octanol–water partition coefficient (Wildman–Crippen LogP) is 3.18. The van der Waals surface area contributed by atoms with E-state index in [0.717, 1.165) is 32.1 Å². The second kappa shape index (κ2) is 7.46. The van der Waals surface area contributed by atoms with E-state index in [1.165, 1.54) is 11.1 Å². The Bertz CT molecular complexity index is 316. The zero-order chi connectivity index (χ0) is 12.0. The highest BCUT2D eigenvalue weighted by atomic mass is 16.0. The topological polar surface area (TPSA) is 57.5 Å². The molecule has 0 aromatic heterocycles. The molecule has 0 aliphatic carbocycles. The fourth-order valence-electron chi connectivity index (χ4n) is 2.60. The first-order valence-corrected chi connectivity index (χ1v) is 6.55. The Kier molecular flexibility index (Phi) is 7.09. The van der Waals surface area contributed by atoms with Crippen LogP contribution in [0.15, 0.2) is 24.3 Å². The maximum atomic E-state index is 6.62. The van der Waals surface area contributed by atoms with E-state index < -0.39 is 0 Å². The smallest absolute Gasteiger partial charge is 0.0412 e. The molecule has 0 atom stereocenters. The van der Waals surface area contributed by atoms with Crippen molar-refractivity contribution in [1.29, 1.82) is 0 Å². The highest BCUT2D eigenvalue weighted by molar-refractivity contribution is 5.33. The number of aryl methyl sites for hydroxylation is 1. The molecule has 4 N–H and O–H groups in total. The van der Waals surface area contributed by atoms with Gasteiger partial charge in [-0.3, -0.25) is 0 Å². The Morgan fingerprint density at radius 2 is 1.53 bits per heavy atom. The van der Waals surface area contributed by atoms with Crippen LogP contribution in [0.4, 0.5) is 0 Å². The Morgan fingerprint density at radius 3 is 2.00 bits per heavy atom. The number of nitrogens with two attached hydrogens (primary N) is 1. The van der Waals surface area contributed by atoms with Crippen LogP contribution in [0.3, 0.4) is 0 Å². The summed E-state index contributed by atoms with van der Waals surface area (Å²) in [7, 11) is 0. The van der Waals surface area contributed by atoms with Gasteiger partial charge in [0.25, 0.3) is 0 Å². The van der Waals surface area contributed by atoms with Gasteiger partial charge in [0.15, 0.2) is 0 Å². The monoisotopic (exact) mass is 237 g/mol. The van der Waals surface area contributed by atoms with Gasteiger partial charge >= 0.3 is 0 Å². The van der Waals surface area contributed by atoms with Crippen molar-refractivity contribution in [1.82, 2.24) is 0 Å². The van der Waals surface area contributed by atoms with Gasteiger partial charge in [0.1, 0.15) is 0 Å². The second-order valence-electron chi connectivity index (χ2n) is 4.67. The number of hydrogen-bond acceptors (Lipinski definition) is 1. The first-order chi connectivity index (χ1) is 7.68. The molecular formula is C15H27NO. The third kappa shape index (κ3) is 3.83. The number of hydrogen-bond donors (Lipinski definition) is 1. The molecule has 1 aromatic rings. The van der Waals surface area contributed by atoms with Crippen LogP contribution in [0.25, 0.3) is 0 Å². The molecule has 1 rings (SSSR count). The molecule has 0 amide bonds. The highest BCUT2D eigenvalue weighted by Crippen LogP contribution is 2.31. The molecule has 0 spiro atoms. The molecule has 1 aromatic carbocycles. The molecule has 0 aliphatic rings. The van der Waals surface area contributed by atoms with Crippen molar-refractivity contribution in [2.45, 2.75) is 58.4 Å². The third-order valence-corrected chi connectivity index (χ3v) is 3.33. The molecule has 0 heterocycles. The van der Waals surface area contributed by atoms with E-state index in [1.807, 2.05) is 0 Å². The molecule has 0 unspecified atom stereocenters. The summed E-state index contributed by atoms with van der Waals surface area (Å²) in [5.74, 6) is 0. The van der Waals surface area contributed by atoms with Crippen molar-refractivity contribution >= 4 is 0 Å². The quantitative estimate of drug-likeness (QED) is 0.811. The number of rotatable bonds is 6. The average Bonchev–Trinajstić information content (AvgIpc) is 2.29. The van der Waals surface area contributed by atoms with Gasteiger partial charge < -0.3 is 11.2 Å². The SMILES string of the molecule is CCCC(N)(CCC)c1ccccc1CC.O. The fourth-order valence-corrected chi connectivity index (χ4v) is 2.60. The van der Waals surface area contributed by atoms with Gasteiger partial charge in [0.05, 0.1) is 0 Å². The molecule has 2 heteroatoms. The summed E-state index contributed by atoms with van der Waals surface area (Å²) in [6.45, 7) is 6.63. The lowest BCUT2D eigenvalue weighted by Crippen LogP contribution is -2.37. The molecule has 2 nitrogen and oxygen atoms in total. The normalized spacial score (nSPS) is 11.1.